The van der Waals surface area contributed by atoms with Crippen LogP contribution in [0.5, 0.6) is 0 Å². The van der Waals surface area contributed by atoms with Crippen LogP contribution in [0.25, 0.3) is 0 Å². The van der Waals surface area contributed by atoms with Gasteiger partial charge < -0.3 is 0 Å². The molecule has 0 saturated heterocycles. The molecule has 0 amide bonds. The van der Waals surface area contributed by atoms with E-state index < -0.39 is 4.92 Å². The van der Waals surface area contributed by atoms with Crippen LogP contribution in [0.4, 0.5) is 5.69 Å². The monoisotopic (exact) mass is 151 g/mol. The highest BCUT2D eigenvalue weighted by Crippen LogP contribution is 2.11. The lowest BCUT2D eigenvalue weighted by Crippen LogP contribution is -1.95. The summed E-state index contributed by atoms with van der Waals surface area (Å²) in [6.07, 6.45) is 2.67. The maximum absolute atomic E-state index is 10.2. The number of nitrogens with zero attached hydrogens (tertiary/aromatic N) is 2. The Morgan fingerprint density at radius 2 is 2.36 bits per heavy atom. The zero-order chi connectivity index (χ0) is 8.27. The summed E-state index contributed by atoms with van der Waals surface area (Å²) in [5.74, 6) is 0. The van der Waals surface area contributed by atoms with Crippen LogP contribution in [0.2, 0.25) is 0 Å². The Bertz CT molecular complexity index is 298. The fourth-order valence-electron chi connectivity index (χ4n) is 0.623. The van der Waals surface area contributed by atoms with Crippen molar-refractivity contribution in [2.45, 2.75) is 0 Å². The maximum Gasteiger partial charge on any atom is 0.299 e. The summed E-state index contributed by atoms with van der Waals surface area (Å²) in [5.41, 5.74) is -0.583. The third-order valence-electron chi connectivity index (χ3n) is 1.08. The third-order valence-corrected chi connectivity index (χ3v) is 1.08. The van der Waals surface area contributed by atoms with E-state index in [0.717, 1.165) is 0 Å². The van der Waals surface area contributed by atoms with Gasteiger partial charge in [-0.15, -0.1) is 0 Å². The van der Waals surface area contributed by atoms with Crippen molar-refractivity contribution in [3.05, 3.63) is 34.1 Å². The zero-order valence-electron chi connectivity index (χ0n) is 5.35. The quantitative estimate of drug-likeness (QED) is 0.454. The average molecular weight is 151 g/mol. The van der Waals surface area contributed by atoms with E-state index in [-0.39, 0.29) is 11.4 Å². The summed E-state index contributed by atoms with van der Waals surface area (Å²) in [5, 5.41) is 10.2. The first kappa shape index (κ1) is 7.33. The third kappa shape index (κ3) is 1.37. The molecule has 11 heavy (non-hydrogen) atoms. The topological polar surface area (TPSA) is 73.1 Å². The highest BCUT2D eigenvalue weighted by atomic mass is 16.6. The van der Waals surface area contributed by atoms with Crippen molar-refractivity contribution in [1.82, 2.24) is 4.98 Å². The summed E-state index contributed by atoms with van der Waals surface area (Å²) in [7, 11) is 0. The molecule has 0 spiro atoms. The first-order chi connectivity index (χ1) is 5.25. The van der Waals surface area contributed by atoms with Crippen molar-refractivity contribution in [3.63, 3.8) is 0 Å². The van der Waals surface area contributed by atoms with E-state index in [9.17, 15) is 14.9 Å². The Kier molecular flexibility index (Phi) is 1.91. The summed E-state index contributed by atoms with van der Waals surface area (Å²) >= 11 is 0. The number of hydrogen-bond donors (Lipinski definition) is 0. The second-order valence-corrected chi connectivity index (χ2v) is 1.73. The van der Waals surface area contributed by atoms with Gasteiger partial charge in [0, 0.05) is 12.3 Å². The van der Waals surface area contributed by atoms with Gasteiger partial charge in [-0.1, -0.05) is 0 Å². The Morgan fingerprint density at radius 3 is 2.82 bits per heavy atom. The molecule has 5 heteroatoms. The Hall–Kier alpha value is -1.78. The molecule has 1 heterocycles. The minimum Gasteiger partial charge on any atom is -0.283 e. The van der Waals surface area contributed by atoms with Crippen molar-refractivity contribution in [1.29, 1.82) is 0 Å². The van der Waals surface area contributed by atoms with Crippen molar-refractivity contribution in [3.8, 4) is 0 Å². The van der Waals surface area contributed by atoms with Gasteiger partial charge in [0.25, 0.3) is 12.0 Å². The van der Waals surface area contributed by atoms with Gasteiger partial charge in [0.05, 0.1) is 4.92 Å². The van der Waals surface area contributed by atoms with E-state index in [1.165, 1.54) is 24.6 Å². The first-order valence-corrected chi connectivity index (χ1v) is 2.73. The van der Waals surface area contributed by atoms with Crippen LogP contribution >= 0.6 is 0 Å². The van der Waals surface area contributed by atoms with E-state index in [1.807, 2.05) is 0 Å². The molecule has 5 nitrogen and oxygen atoms in total. The van der Waals surface area contributed by atoms with Gasteiger partial charge in [-0.2, -0.15) is 0 Å². The van der Waals surface area contributed by atoms with Crippen molar-refractivity contribution in [2.75, 3.05) is 0 Å². The molecule has 1 aromatic rings. The maximum atomic E-state index is 10.2. The standard InChI is InChI=1S/C6H3N2O3/c9-4-5-6(8(10)11)2-1-3-7-5/h1-3H. The fourth-order valence-corrected chi connectivity index (χ4v) is 0.623. The van der Waals surface area contributed by atoms with E-state index in [1.54, 1.807) is 0 Å². The number of hydrogen-bond acceptors (Lipinski definition) is 4. The molecule has 0 bridgehead atoms. The van der Waals surface area contributed by atoms with Gasteiger partial charge in [0.2, 0.25) is 0 Å². The molecule has 55 valence electrons. The summed E-state index contributed by atoms with van der Waals surface area (Å²) in [6, 6.07) is 2.59. The molecular weight excluding hydrogens is 148 g/mol. The lowest BCUT2D eigenvalue weighted by atomic mass is 10.3. The predicted molar refractivity (Wildman–Crippen MR) is 35.7 cm³/mol. The van der Waals surface area contributed by atoms with Crippen LogP contribution in [-0.2, 0) is 4.79 Å². The molecule has 0 atom stereocenters. The minimum absolute atomic E-state index is 0.266. The molecule has 0 aliphatic carbocycles. The average Bonchev–Trinajstić information content (AvgIpc) is 2.04. The van der Waals surface area contributed by atoms with Crippen LogP contribution in [-0.4, -0.2) is 16.2 Å². The molecule has 0 N–H and O–H groups in total. The molecule has 0 unspecified atom stereocenters. The van der Waals surface area contributed by atoms with Gasteiger partial charge in [-0.3, -0.25) is 14.9 Å². The van der Waals surface area contributed by atoms with Gasteiger partial charge in [0.15, 0.2) is 5.69 Å². The number of nitro groups is 1. The van der Waals surface area contributed by atoms with Crippen LogP contribution in [0.15, 0.2) is 18.3 Å². The molecular formula is C6H3N2O3. The molecule has 0 saturated carbocycles. The fraction of sp³-hybridized carbons (Fsp3) is 0. The van der Waals surface area contributed by atoms with Gasteiger partial charge >= 0.3 is 0 Å². The van der Waals surface area contributed by atoms with Crippen LogP contribution < -0.4 is 0 Å². The Labute approximate surface area is 61.8 Å². The minimum atomic E-state index is -0.673. The molecule has 1 radical (unpaired) electrons. The van der Waals surface area contributed by atoms with Gasteiger partial charge in [0.1, 0.15) is 0 Å². The van der Waals surface area contributed by atoms with Crippen LogP contribution in [0.3, 0.4) is 0 Å². The number of pyridine rings is 1. The normalized spacial score (nSPS) is 9.09. The van der Waals surface area contributed by atoms with E-state index in [0.29, 0.717) is 0 Å². The van der Waals surface area contributed by atoms with Crippen molar-refractivity contribution >= 4 is 12.0 Å². The SMILES string of the molecule is O=[C]c1ncccc1[N+](=O)[O-]. The largest absolute Gasteiger partial charge is 0.299 e. The molecule has 0 aromatic carbocycles. The zero-order valence-corrected chi connectivity index (χ0v) is 5.35. The molecule has 1 aromatic heterocycles. The second kappa shape index (κ2) is 2.87. The van der Waals surface area contributed by atoms with E-state index >= 15 is 0 Å². The first-order valence-electron chi connectivity index (χ1n) is 2.73. The smallest absolute Gasteiger partial charge is 0.283 e. The second-order valence-electron chi connectivity index (χ2n) is 1.73. The van der Waals surface area contributed by atoms with E-state index in [4.69, 9.17) is 0 Å². The number of aromatic nitrogens is 1. The lowest BCUT2D eigenvalue weighted by molar-refractivity contribution is -0.385. The summed E-state index contributed by atoms with van der Waals surface area (Å²) < 4.78 is 0. The number of carbonyl (C=O) groups excluding carboxylic acids is 1. The van der Waals surface area contributed by atoms with Crippen LogP contribution in [0, 0.1) is 10.1 Å². The Morgan fingerprint density at radius 1 is 1.64 bits per heavy atom. The molecule has 1 rings (SSSR count). The summed E-state index contributed by atoms with van der Waals surface area (Å²) in [4.78, 5) is 23.0. The van der Waals surface area contributed by atoms with Crippen molar-refractivity contribution in [2.24, 2.45) is 0 Å². The predicted octanol–water partition coefficient (Wildman–Crippen LogP) is 0.448. The molecule has 0 fully saturated rings. The molecule has 0 aliphatic heterocycles. The molecule has 0 aliphatic rings. The highest BCUT2D eigenvalue weighted by Gasteiger charge is 2.12. The van der Waals surface area contributed by atoms with Gasteiger partial charge in [-0.25, -0.2) is 4.98 Å². The Balaban J connectivity index is 3.22. The van der Waals surface area contributed by atoms with Gasteiger partial charge in [-0.05, 0) is 6.07 Å². The highest BCUT2D eigenvalue weighted by molar-refractivity contribution is 5.78. The van der Waals surface area contributed by atoms with E-state index in [2.05, 4.69) is 4.98 Å². The van der Waals surface area contributed by atoms with Crippen LogP contribution in [0.1, 0.15) is 5.69 Å². The summed E-state index contributed by atoms with van der Waals surface area (Å²) in [6.45, 7) is 0. The lowest BCUT2D eigenvalue weighted by Gasteiger charge is -1.90. The van der Waals surface area contributed by atoms with Crippen molar-refractivity contribution < 1.29 is 9.72 Å². The number of rotatable bonds is 2.